The van der Waals surface area contributed by atoms with E-state index in [4.69, 9.17) is 14.2 Å². The monoisotopic (exact) mass is 300 g/mol. The molecule has 0 aliphatic carbocycles. The molecule has 0 aliphatic rings. The maximum absolute atomic E-state index is 12.0. The number of aldehydes is 1. The van der Waals surface area contributed by atoms with Crippen LogP contribution < -0.4 is 9.47 Å². The summed E-state index contributed by atoms with van der Waals surface area (Å²) in [5, 5.41) is 0. The van der Waals surface area contributed by atoms with Gasteiger partial charge in [0.25, 0.3) is 0 Å². The van der Waals surface area contributed by atoms with Crippen LogP contribution in [0.15, 0.2) is 48.5 Å². The minimum Gasteiger partial charge on any atom is -0.491 e. The lowest BCUT2D eigenvalue weighted by Crippen LogP contribution is -2.09. The number of carbonyl (C=O) groups excluding carboxylic acids is 2. The topological polar surface area (TPSA) is 61.8 Å². The van der Waals surface area contributed by atoms with Crippen molar-refractivity contribution < 1.29 is 23.8 Å². The van der Waals surface area contributed by atoms with Crippen LogP contribution in [0.1, 0.15) is 20.7 Å². The normalized spacial score (nSPS) is 10.0. The average Bonchev–Trinajstić information content (AvgIpc) is 2.56. The molecule has 0 aliphatic heterocycles. The summed E-state index contributed by atoms with van der Waals surface area (Å²) in [5.74, 6) is 0.572. The van der Waals surface area contributed by atoms with Gasteiger partial charge < -0.3 is 14.2 Å². The molecule has 2 rings (SSSR count). The van der Waals surface area contributed by atoms with E-state index >= 15 is 0 Å². The molecule has 0 saturated carbocycles. The third-order valence-corrected chi connectivity index (χ3v) is 2.87. The number of hydrogen-bond donors (Lipinski definition) is 0. The Balaban J connectivity index is 1.95. The van der Waals surface area contributed by atoms with E-state index in [-0.39, 0.29) is 0 Å². The van der Waals surface area contributed by atoms with Crippen LogP contribution in [0.3, 0.4) is 0 Å². The second kappa shape index (κ2) is 7.95. The second-order valence-corrected chi connectivity index (χ2v) is 4.44. The highest BCUT2D eigenvalue weighted by molar-refractivity contribution is 5.91. The van der Waals surface area contributed by atoms with Crippen molar-refractivity contribution in [3.05, 3.63) is 59.7 Å². The van der Waals surface area contributed by atoms with E-state index in [9.17, 15) is 9.59 Å². The predicted molar refractivity (Wildman–Crippen MR) is 80.6 cm³/mol. The molecule has 0 radical (unpaired) electrons. The average molecular weight is 300 g/mol. The van der Waals surface area contributed by atoms with Crippen molar-refractivity contribution in [3.63, 3.8) is 0 Å². The Bertz CT molecular complexity index is 617. The fourth-order valence-electron chi connectivity index (χ4n) is 1.71. The SMILES string of the molecule is COCCOc1ccc(C(=O)Oc2ccc(C=O)cc2)cc1. The molecular weight excluding hydrogens is 284 g/mol. The first-order valence-corrected chi connectivity index (χ1v) is 6.72. The van der Waals surface area contributed by atoms with Crippen LogP contribution in [0.25, 0.3) is 0 Å². The third-order valence-electron chi connectivity index (χ3n) is 2.87. The van der Waals surface area contributed by atoms with Gasteiger partial charge in [-0.25, -0.2) is 4.79 Å². The zero-order valence-electron chi connectivity index (χ0n) is 12.2. The molecule has 2 aromatic rings. The summed E-state index contributed by atoms with van der Waals surface area (Å²) in [6.07, 6.45) is 0.730. The van der Waals surface area contributed by atoms with E-state index in [0.717, 1.165) is 6.29 Å². The minimum atomic E-state index is -0.470. The molecule has 0 unspecified atom stereocenters. The number of rotatable bonds is 7. The van der Waals surface area contributed by atoms with Crippen molar-refractivity contribution in [2.24, 2.45) is 0 Å². The lowest BCUT2D eigenvalue weighted by atomic mass is 10.2. The Hall–Kier alpha value is -2.66. The van der Waals surface area contributed by atoms with Crippen LogP contribution in [-0.2, 0) is 4.74 Å². The molecule has 5 heteroatoms. The van der Waals surface area contributed by atoms with Crippen molar-refractivity contribution >= 4 is 12.3 Å². The first-order valence-electron chi connectivity index (χ1n) is 6.72. The Labute approximate surface area is 128 Å². The molecule has 0 N–H and O–H groups in total. The van der Waals surface area contributed by atoms with E-state index < -0.39 is 5.97 Å². The van der Waals surface area contributed by atoms with Crippen molar-refractivity contribution in [1.82, 2.24) is 0 Å². The van der Waals surface area contributed by atoms with E-state index in [1.54, 1.807) is 55.6 Å². The molecule has 0 atom stereocenters. The summed E-state index contributed by atoms with van der Waals surface area (Å²) in [7, 11) is 1.60. The van der Waals surface area contributed by atoms with Crippen molar-refractivity contribution in [3.8, 4) is 11.5 Å². The van der Waals surface area contributed by atoms with E-state index in [1.807, 2.05) is 0 Å². The van der Waals surface area contributed by atoms with Gasteiger partial charge in [-0.15, -0.1) is 0 Å². The Kier molecular flexibility index (Phi) is 5.68. The molecule has 0 bridgehead atoms. The zero-order valence-corrected chi connectivity index (χ0v) is 12.2. The Morgan fingerprint density at radius 1 is 0.955 bits per heavy atom. The Morgan fingerprint density at radius 3 is 2.18 bits per heavy atom. The van der Waals surface area contributed by atoms with Crippen LogP contribution in [0, 0.1) is 0 Å². The van der Waals surface area contributed by atoms with Gasteiger partial charge in [-0.05, 0) is 48.5 Å². The highest BCUT2D eigenvalue weighted by Crippen LogP contribution is 2.16. The summed E-state index contributed by atoms with van der Waals surface area (Å²) in [6.45, 7) is 0.948. The van der Waals surface area contributed by atoms with E-state index in [1.165, 1.54) is 0 Å². The molecule has 2 aromatic carbocycles. The van der Waals surface area contributed by atoms with Crippen molar-refractivity contribution in [2.45, 2.75) is 0 Å². The molecule has 0 saturated heterocycles. The molecule has 5 nitrogen and oxygen atoms in total. The van der Waals surface area contributed by atoms with Crippen LogP contribution in [0.5, 0.6) is 11.5 Å². The van der Waals surface area contributed by atoms with Crippen molar-refractivity contribution in [2.75, 3.05) is 20.3 Å². The fourth-order valence-corrected chi connectivity index (χ4v) is 1.71. The molecule has 0 heterocycles. The molecule has 0 fully saturated rings. The maximum atomic E-state index is 12.0. The zero-order chi connectivity index (χ0) is 15.8. The first kappa shape index (κ1) is 15.7. The Morgan fingerprint density at radius 2 is 1.59 bits per heavy atom. The molecular formula is C17H16O5. The predicted octanol–water partition coefficient (Wildman–Crippen LogP) is 2.74. The van der Waals surface area contributed by atoms with Crippen molar-refractivity contribution in [1.29, 1.82) is 0 Å². The van der Waals surface area contributed by atoms with Crippen LogP contribution in [-0.4, -0.2) is 32.6 Å². The van der Waals surface area contributed by atoms with Gasteiger partial charge in [0, 0.05) is 12.7 Å². The maximum Gasteiger partial charge on any atom is 0.343 e. The smallest absolute Gasteiger partial charge is 0.343 e. The van der Waals surface area contributed by atoms with Gasteiger partial charge in [-0.2, -0.15) is 0 Å². The number of methoxy groups -OCH3 is 1. The molecule has 0 amide bonds. The van der Waals surface area contributed by atoms with E-state index in [0.29, 0.717) is 35.8 Å². The number of carbonyl (C=O) groups is 2. The molecule has 114 valence electrons. The largest absolute Gasteiger partial charge is 0.491 e. The van der Waals surface area contributed by atoms with Crippen LogP contribution in [0.2, 0.25) is 0 Å². The summed E-state index contributed by atoms with van der Waals surface area (Å²) >= 11 is 0. The molecule has 0 aromatic heterocycles. The molecule has 22 heavy (non-hydrogen) atoms. The highest BCUT2D eigenvalue weighted by Gasteiger charge is 2.08. The number of benzene rings is 2. The van der Waals surface area contributed by atoms with Gasteiger partial charge in [0.1, 0.15) is 24.4 Å². The third kappa shape index (κ3) is 4.43. The van der Waals surface area contributed by atoms with Crippen LogP contribution in [0.4, 0.5) is 0 Å². The lowest BCUT2D eigenvalue weighted by Gasteiger charge is -2.07. The van der Waals surface area contributed by atoms with E-state index in [2.05, 4.69) is 0 Å². The highest BCUT2D eigenvalue weighted by atomic mass is 16.5. The van der Waals surface area contributed by atoms with Gasteiger partial charge >= 0.3 is 5.97 Å². The molecule has 0 spiro atoms. The van der Waals surface area contributed by atoms with Gasteiger partial charge in [0.2, 0.25) is 0 Å². The number of esters is 1. The van der Waals surface area contributed by atoms with Gasteiger partial charge in [0.15, 0.2) is 0 Å². The van der Waals surface area contributed by atoms with Gasteiger partial charge in [0.05, 0.1) is 12.2 Å². The fraction of sp³-hybridized carbons (Fsp3) is 0.176. The minimum absolute atomic E-state index is 0.385. The summed E-state index contributed by atoms with van der Waals surface area (Å²) in [4.78, 5) is 22.5. The number of ether oxygens (including phenoxy) is 3. The lowest BCUT2D eigenvalue weighted by molar-refractivity contribution is 0.0734. The standard InChI is InChI=1S/C17H16O5/c1-20-10-11-21-15-8-4-14(5-9-15)17(19)22-16-6-2-13(12-18)3-7-16/h2-9,12H,10-11H2,1H3. The van der Waals surface area contributed by atoms with Gasteiger partial charge in [-0.1, -0.05) is 0 Å². The van der Waals surface area contributed by atoms with Crippen LogP contribution >= 0.6 is 0 Å². The second-order valence-electron chi connectivity index (χ2n) is 4.44. The number of hydrogen-bond acceptors (Lipinski definition) is 5. The summed E-state index contributed by atoms with van der Waals surface area (Å²) in [6, 6.07) is 13.0. The van der Waals surface area contributed by atoms with Gasteiger partial charge in [-0.3, -0.25) is 4.79 Å². The summed E-state index contributed by atoms with van der Waals surface area (Å²) in [5.41, 5.74) is 0.941. The summed E-state index contributed by atoms with van der Waals surface area (Å²) < 4.78 is 15.5. The quantitative estimate of drug-likeness (QED) is 0.340. The first-order chi connectivity index (χ1) is 10.7.